The highest BCUT2D eigenvalue weighted by atomic mass is 79.9. The molecule has 0 aliphatic heterocycles. The summed E-state index contributed by atoms with van der Waals surface area (Å²) in [5.41, 5.74) is 3.25. The van der Waals surface area contributed by atoms with Crippen LogP contribution in [0.5, 0.6) is 0 Å². The van der Waals surface area contributed by atoms with Crippen molar-refractivity contribution in [2.45, 2.75) is 6.18 Å². The molecule has 5 nitrogen and oxygen atoms in total. The van der Waals surface area contributed by atoms with Gasteiger partial charge in [-0.15, -0.1) is 0 Å². The number of aromatic amines is 1. The number of hydrogen-bond acceptors (Lipinski definition) is 3. The third-order valence-corrected chi connectivity index (χ3v) is 2.99. The predicted molar refractivity (Wildman–Crippen MR) is 63.0 cm³/mol. The second-order valence-corrected chi connectivity index (χ2v) is 4.40. The third-order valence-electron chi connectivity index (χ3n) is 2.33. The minimum absolute atomic E-state index is 0.157. The van der Waals surface area contributed by atoms with Crippen LogP contribution in [0.2, 0.25) is 0 Å². The molecule has 0 atom stereocenters. The molecule has 0 saturated carbocycles. The first-order chi connectivity index (χ1) is 8.82. The molecule has 0 aliphatic carbocycles. The maximum atomic E-state index is 13.0. The fourth-order valence-corrected chi connectivity index (χ4v) is 2.19. The van der Waals surface area contributed by atoms with Crippen LogP contribution in [-0.2, 0) is 6.18 Å². The third kappa shape index (κ3) is 2.46. The monoisotopic (exact) mass is 334 g/mol. The normalized spacial score (nSPS) is 11.6. The summed E-state index contributed by atoms with van der Waals surface area (Å²) in [6.07, 6.45) is -4.61. The van der Waals surface area contributed by atoms with Crippen molar-refractivity contribution in [3.05, 3.63) is 33.9 Å². The molecular formula is C10H6BrF3N4O. The number of nitrogens with two attached hydrogens (primary N) is 1. The Morgan fingerprint density at radius 3 is 2.58 bits per heavy atom. The van der Waals surface area contributed by atoms with Crippen LogP contribution < -0.4 is 5.73 Å². The van der Waals surface area contributed by atoms with Crippen molar-refractivity contribution in [2.24, 2.45) is 5.73 Å². The van der Waals surface area contributed by atoms with Crippen molar-refractivity contribution < 1.29 is 18.0 Å². The highest BCUT2D eigenvalue weighted by molar-refractivity contribution is 9.10. The van der Waals surface area contributed by atoms with Crippen LogP contribution in [0.1, 0.15) is 16.1 Å². The van der Waals surface area contributed by atoms with Gasteiger partial charge in [-0.25, -0.2) is 0 Å². The van der Waals surface area contributed by atoms with Crippen molar-refractivity contribution in [2.75, 3.05) is 0 Å². The average Bonchev–Trinajstić information content (AvgIpc) is 2.75. The summed E-state index contributed by atoms with van der Waals surface area (Å²) >= 11 is 2.84. The van der Waals surface area contributed by atoms with Gasteiger partial charge >= 0.3 is 6.18 Å². The van der Waals surface area contributed by atoms with Crippen LogP contribution in [0.4, 0.5) is 13.2 Å². The van der Waals surface area contributed by atoms with Crippen molar-refractivity contribution in [1.82, 2.24) is 15.4 Å². The van der Waals surface area contributed by atoms with Crippen LogP contribution in [0.25, 0.3) is 11.3 Å². The molecule has 1 heterocycles. The van der Waals surface area contributed by atoms with E-state index in [4.69, 9.17) is 5.73 Å². The maximum Gasteiger partial charge on any atom is 0.418 e. The van der Waals surface area contributed by atoms with E-state index in [1.165, 1.54) is 18.2 Å². The van der Waals surface area contributed by atoms with Crippen molar-refractivity contribution in [3.63, 3.8) is 0 Å². The molecule has 0 bridgehead atoms. The van der Waals surface area contributed by atoms with E-state index in [1.807, 2.05) is 0 Å². The van der Waals surface area contributed by atoms with Gasteiger partial charge < -0.3 is 5.73 Å². The number of alkyl halides is 3. The van der Waals surface area contributed by atoms with E-state index in [1.54, 1.807) is 0 Å². The molecule has 1 aromatic heterocycles. The molecule has 0 spiro atoms. The molecule has 19 heavy (non-hydrogen) atoms. The second-order valence-electron chi connectivity index (χ2n) is 3.55. The van der Waals surface area contributed by atoms with Crippen LogP contribution in [0, 0.1) is 0 Å². The molecule has 2 aromatic rings. The Kier molecular flexibility index (Phi) is 3.31. The fraction of sp³-hybridized carbons (Fsp3) is 0.100. The minimum atomic E-state index is -4.61. The molecule has 9 heteroatoms. The zero-order valence-electron chi connectivity index (χ0n) is 9.12. The first kappa shape index (κ1) is 13.5. The van der Waals surface area contributed by atoms with Gasteiger partial charge in [0.25, 0.3) is 5.91 Å². The lowest BCUT2D eigenvalue weighted by Gasteiger charge is -2.13. The number of rotatable bonds is 2. The average molecular weight is 335 g/mol. The van der Waals surface area contributed by atoms with Crippen molar-refractivity contribution in [1.29, 1.82) is 0 Å². The first-order valence-electron chi connectivity index (χ1n) is 4.89. The summed E-state index contributed by atoms with van der Waals surface area (Å²) in [5.74, 6) is -0.961. The van der Waals surface area contributed by atoms with Crippen molar-refractivity contribution in [3.8, 4) is 11.3 Å². The quantitative estimate of drug-likeness (QED) is 0.884. The van der Waals surface area contributed by atoms with E-state index in [0.29, 0.717) is 0 Å². The Balaban J connectivity index is 2.73. The van der Waals surface area contributed by atoms with E-state index in [-0.39, 0.29) is 21.4 Å². The van der Waals surface area contributed by atoms with Gasteiger partial charge in [-0.2, -0.15) is 28.6 Å². The summed E-state index contributed by atoms with van der Waals surface area (Å²) in [7, 11) is 0. The number of nitrogens with one attached hydrogen (secondary N) is 1. The zero-order valence-corrected chi connectivity index (χ0v) is 10.7. The number of carbonyl (C=O) groups excluding carboxylic acids is 1. The number of carbonyl (C=O) groups is 1. The molecule has 1 amide bonds. The van der Waals surface area contributed by atoms with E-state index in [9.17, 15) is 18.0 Å². The highest BCUT2D eigenvalue weighted by Crippen LogP contribution is 2.41. The van der Waals surface area contributed by atoms with Crippen LogP contribution in [-0.4, -0.2) is 21.3 Å². The molecule has 0 unspecified atom stereocenters. The summed E-state index contributed by atoms with van der Waals surface area (Å²) in [5, 5.41) is 9.11. The molecule has 3 N–H and O–H groups in total. The first-order valence-corrected chi connectivity index (χ1v) is 5.68. The standard InChI is InChI=1S/C10H6BrF3N4O/c11-5-3-1-2-4(6(5)10(12,13)14)7-8(9(15)19)17-18-16-7/h1-3H,(H2,15,19)(H,16,17,18). The lowest BCUT2D eigenvalue weighted by atomic mass is 10.0. The van der Waals surface area contributed by atoms with Crippen LogP contribution >= 0.6 is 15.9 Å². The van der Waals surface area contributed by atoms with E-state index >= 15 is 0 Å². The highest BCUT2D eigenvalue weighted by Gasteiger charge is 2.37. The van der Waals surface area contributed by atoms with Crippen LogP contribution in [0.3, 0.4) is 0 Å². The summed E-state index contributed by atoms with van der Waals surface area (Å²) in [6, 6.07) is 3.84. The number of amides is 1. The molecule has 0 fully saturated rings. The number of halogens is 4. The predicted octanol–water partition coefficient (Wildman–Crippen LogP) is 2.35. The van der Waals surface area contributed by atoms with E-state index in [2.05, 4.69) is 31.3 Å². The molecule has 0 aliphatic rings. The lowest BCUT2D eigenvalue weighted by molar-refractivity contribution is -0.137. The minimum Gasteiger partial charge on any atom is -0.364 e. The topological polar surface area (TPSA) is 84.7 Å². The number of aromatic nitrogens is 3. The summed E-state index contributed by atoms with van der Waals surface area (Å²) in [6.45, 7) is 0. The van der Waals surface area contributed by atoms with Gasteiger partial charge in [0.15, 0.2) is 5.69 Å². The fourth-order valence-electron chi connectivity index (χ4n) is 1.60. The number of primary amides is 1. The summed E-state index contributed by atoms with van der Waals surface area (Å²) in [4.78, 5) is 11.1. The number of hydrogen-bond donors (Lipinski definition) is 2. The molecule has 0 radical (unpaired) electrons. The SMILES string of the molecule is NC(=O)c1n[nH]nc1-c1cccc(Br)c1C(F)(F)F. The van der Waals surface area contributed by atoms with Gasteiger partial charge in [0.05, 0.1) is 5.56 Å². The number of nitrogens with zero attached hydrogens (tertiary/aromatic N) is 2. The second kappa shape index (κ2) is 4.65. The lowest BCUT2D eigenvalue weighted by Crippen LogP contribution is -2.14. The van der Waals surface area contributed by atoms with Crippen LogP contribution in [0.15, 0.2) is 22.7 Å². The molecular weight excluding hydrogens is 329 g/mol. The largest absolute Gasteiger partial charge is 0.418 e. The van der Waals surface area contributed by atoms with Gasteiger partial charge in [-0.1, -0.05) is 28.1 Å². The number of benzene rings is 1. The maximum absolute atomic E-state index is 13.0. The Morgan fingerprint density at radius 2 is 2.00 bits per heavy atom. The van der Waals surface area contributed by atoms with Gasteiger partial charge in [-0.3, -0.25) is 4.79 Å². The van der Waals surface area contributed by atoms with E-state index < -0.39 is 17.6 Å². The molecule has 100 valence electrons. The van der Waals surface area contributed by atoms with Gasteiger partial charge in [0.1, 0.15) is 5.69 Å². The Labute approximate surface area is 113 Å². The molecule has 2 rings (SSSR count). The zero-order chi connectivity index (χ0) is 14.2. The Hall–Kier alpha value is -1.90. The molecule has 1 aromatic carbocycles. The number of H-pyrrole nitrogens is 1. The van der Waals surface area contributed by atoms with Gasteiger partial charge in [0.2, 0.25) is 0 Å². The van der Waals surface area contributed by atoms with Crippen molar-refractivity contribution >= 4 is 21.8 Å². The van der Waals surface area contributed by atoms with E-state index in [0.717, 1.165) is 0 Å². The Bertz CT molecular complexity index is 638. The smallest absolute Gasteiger partial charge is 0.364 e. The Morgan fingerprint density at radius 1 is 1.32 bits per heavy atom. The van der Waals surface area contributed by atoms with Gasteiger partial charge in [-0.05, 0) is 6.07 Å². The van der Waals surface area contributed by atoms with Gasteiger partial charge in [0, 0.05) is 10.0 Å². The summed E-state index contributed by atoms with van der Waals surface area (Å²) < 4.78 is 38.9. The molecule has 0 saturated heterocycles.